The third-order valence-electron chi connectivity index (χ3n) is 2.60. The maximum Gasteiger partial charge on any atom is 0.139 e. The molecular formula is C10H10FN3. The van der Waals surface area contributed by atoms with Crippen LogP contribution in [-0.2, 0) is 13.0 Å². The average molecular weight is 191 g/mol. The SMILES string of the molecule is Fc1ccc2nc3c(n2c1)CNCC3. The van der Waals surface area contributed by atoms with Crippen molar-refractivity contribution >= 4 is 5.65 Å². The molecule has 4 heteroatoms. The Morgan fingerprint density at radius 2 is 2.36 bits per heavy atom. The number of nitrogens with one attached hydrogen (secondary N) is 1. The maximum atomic E-state index is 13.0. The molecule has 2 aromatic rings. The van der Waals surface area contributed by atoms with Crippen molar-refractivity contribution in [2.24, 2.45) is 0 Å². The zero-order chi connectivity index (χ0) is 9.54. The van der Waals surface area contributed by atoms with E-state index in [9.17, 15) is 4.39 Å². The Morgan fingerprint density at radius 1 is 1.43 bits per heavy atom. The third kappa shape index (κ3) is 1.04. The normalized spacial score (nSPS) is 15.8. The summed E-state index contributed by atoms with van der Waals surface area (Å²) in [7, 11) is 0. The van der Waals surface area contributed by atoms with Gasteiger partial charge in [0.25, 0.3) is 0 Å². The monoisotopic (exact) mass is 191 g/mol. The highest BCUT2D eigenvalue weighted by Crippen LogP contribution is 2.16. The standard InChI is InChI=1S/C10H10FN3/c11-7-1-2-10-13-8-3-4-12-5-9(8)14(10)6-7/h1-2,6,12H,3-5H2. The molecule has 0 bridgehead atoms. The first-order valence-corrected chi connectivity index (χ1v) is 4.71. The van der Waals surface area contributed by atoms with Crippen LogP contribution >= 0.6 is 0 Å². The van der Waals surface area contributed by atoms with Gasteiger partial charge >= 0.3 is 0 Å². The molecule has 3 rings (SSSR count). The van der Waals surface area contributed by atoms with Gasteiger partial charge in [0.05, 0.1) is 11.4 Å². The molecule has 0 saturated carbocycles. The van der Waals surface area contributed by atoms with Crippen molar-refractivity contribution in [3.8, 4) is 0 Å². The molecule has 0 radical (unpaired) electrons. The molecule has 0 saturated heterocycles. The number of nitrogens with zero attached hydrogens (tertiary/aromatic N) is 2. The Morgan fingerprint density at radius 3 is 3.29 bits per heavy atom. The topological polar surface area (TPSA) is 29.3 Å². The van der Waals surface area contributed by atoms with E-state index >= 15 is 0 Å². The van der Waals surface area contributed by atoms with Crippen LogP contribution in [0.1, 0.15) is 11.4 Å². The predicted molar refractivity (Wildman–Crippen MR) is 50.6 cm³/mol. The first-order chi connectivity index (χ1) is 6.84. The molecule has 0 amide bonds. The molecule has 72 valence electrons. The van der Waals surface area contributed by atoms with E-state index in [0.717, 1.165) is 36.5 Å². The van der Waals surface area contributed by atoms with Gasteiger partial charge in [0, 0.05) is 25.7 Å². The van der Waals surface area contributed by atoms with Crippen molar-refractivity contribution in [2.45, 2.75) is 13.0 Å². The van der Waals surface area contributed by atoms with Crippen LogP contribution in [0.5, 0.6) is 0 Å². The number of imidazole rings is 1. The second-order valence-electron chi connectivity index (χ2n) is 3.51. The molecule has 0 spiro atoms. The summed E-state index contributed by atoms with van der Waals surface area (Å²) in [5.74, 6) is -0.219. The largest absolute Gasteiger partial charge is 0.311 e. The number of aromatic nitrogens is 2. The summed E-state index contributed by atoms with van der Waals surface area (Å²) < 4.78 is 14.8. The zero-order valence-corrected chi connectivity index (χ0v) is 7.63. The number of rotatable bonds is 0. The van der Waals surface area contributed by atoms with Crippen LogP contribution in [0.3, 0.4) is 0 Å². The summed E-state index contributed by atoms with van der Waals surface area (Å²) in [4.78, 5) is 4.45. The minimum atomic E-state index is -0.219. The third-order valence-corrected chi connectivity index (χ3v) is 2.60. The molecule has 0 fully saturated rings. The lowest BCUT2D eigenvalue weighted by Gasteiger charge is -2.11. The molecule has 3 heterocycles. The first kappa shape index (κ1) is 7.94. The van der Waals surface area contributed by atoms with E-state index in [4.69, 9.17) is 0 Å². The lowest BCUT2D eigenvalue weighted by Crippen LogP contribution is -2.24. The summed E-state index contributed by atoms with van der Waals surface area (Å²) in [6, 6.07) is 3.16. The minimum absolute atomic E-state index is 0.219. The van der Waals surface area contributed by atoms with E-state index in [2.05, 4.69) is 10.3 Å². The van der Waals surface area contributed by atoms with Crippen molar-refractivity contribution in [1.29, 1.82) is 0 Å². The molecule has 0 aromatic carbocycles. The van der Waals surface area contributed by atoms with Gasteiger partial charge in [-0.1, -0.05) is 0 Å². The summed E-state index contributed by atoms with van der Waals surface area (Å²) in [5, 5.41) is 3.26. The Bertz CT molecular complexity index is 489. The summed E-state index contributed by atoms with van der Waals surface area (Å²) >= 11 is 0. The number of hydrogen-bond acceptors (Lipinski definition) is 2. The van der Waals surface area contributed by atoms with E-state index in [-0.39, 0.29) is 5.82 Å². The van der Waals surface area contributed by atoms with Crippen molar-refractivity contribution in [3.05, 3.63) is 35.5 Å². The molecule has 2 aromatic heterocycles. The second-order valence-corrected chi connectivity index (χ2v) is 3.51. The van der Waals surface area contributed by atoms with Gasteiger partial charge in [0.1, 0.15) is 11.5 Å². The Balaban J connectivity index is 2.32. The first-order valence-electron chi connectivity index (χ1n) is 4.71. The Hall–Kier alpha value is -1.42. The molecule has 0 atom stereocenters. The molecule has 14 heavy (non-hydrogen) atoms. The van der Waals surface area contributed by atoms with E-state index in [1.165, 1.54) is 12.3 Å². The quantitative estimate of drug-likeness (QED) is 0.676. The molecule has 1 N–H and O–H groups in total. The van der Waals surface area contributed by atoms with Gasteiger partial charge in [-0.3, -0.25) is 4.40 Å². The molecule has 1 aliphatic heterocycles. The Labute approximate surface area is 80.6 Å². The lowest BCUT2D eigenvalue weighted by molar-refractivity contribution is 0.602. The highest BCUT2D eigenvalue weighted by molar-refractivity contribution is 5.43. The summed E-state index contributed by atoms with van der Waals surface area (Å²) in [6.07, 6.45) is 2.42. The fourth-order valence-corrected chi connectivity index (χ4v) is 1.92. The summed E-state index contributed by atoms with van der Waals surface area (Å²) in [6.45, 7) is 1.74. The molecule has 0 unspecified atom stereocenters. The van der Waals surface area contributed by atoms with Gasteiger partial charge in [0.15, 0.2) is 0 Å². The number of halogens is 1. The van der Waals surface area contributed by atoms with Crippen molar-refractivity contribution in [1.82, 2.24) is 14.7 Å². The number of fused-ring (bicyclic) bond motifs is 3. The van der Waals surface area contributed by atoms with Crippen LogP contribution < -0.4 is 5.32 Å². The Kier molecular flexibility index (Phi) is 1.58. The molecular weight excluding hydrogens is 181 g/mol. The van der Waals surface area contributed by atoms with Gasteiger partial charge in [-0.05, 0) is 12.1 Å². The fraction of sp³-hybridized carbons (Fsp3) is 0.300. The highest BCUT2D eigenvalue weighted by atomic mass is 19.1. The van der Waals surface area contributed by atoms with E-state index < -0.39 is 0 Å². The van der Waals surface area contributed by atoms with Crippen LogP contribution in [0.4, 0.5) is 4.39 Å². The minimum Gasteiger partial charge on any atom is -0.311 e. The van der Waals surface area contributed by atoms with Gasteiger partial charge in [-0.25, -0.2) is 9.37 Å². The average Bonchev–Trinajstić information content (AvgIpc) is 2.56. The van der Waals surface area contributed by atoms with Crippen molar-refractivity contribution < 1.29 is 4.39 Å². The van der Waals surface area contributed by atoms with Gasteiger partial charge < -0.3 is 5.32 Å². The van der Waals surface area contributed by atoms with Crippen molar-refractivity contribution in [3.63, 3.8) is 0 Å². The van der Waals surface area contributed by atoms with Crippen molar-refractivity contribution in [2.75, 3.05) is 6.54 Å². The zero-order valence-electron chi connectivity index (χ0n) is 7.63. The molecule has 1 aliphatic rings. The number of pyridine rings is 1. The van der Waals surface area contributed by atoms with Gasteiger partial charge in [0.2, 0.25) is 0 Å². The van der Waals surface area contributed by atoms with Gasteiger partial charge in [-0.15, -0.1) is 0 Å². The predicted octanol–water partition coefficient (Wildman–Crippen LogP) is 1.12. The van der Waals surface area contributed by atoms with Gasteiger partial charge in [-0.2, -0.15) is 0 Å². The van der Waals surface area contributed by atoms with Crippen LogP contribution in [0, 0.1) is 5.82 Å². The summed E-state index contributed by atoms with van der Waals surface area (Å²) in [5.41, 5.74) is 3.01. The van der Waals surface area contributed by atoms with Crippen LogP contribution in [0.2, 0.25) is 0 Å². The molecule has 0 aliphatic carbocycles. The van der Waals surface area contributed by atoms with Crippen LogP contribution in [-0.4, -0.2) is 15.9 Å². The van der Waals surface area contributed by atoms with E-state index in [0.29, 0.717) is 0 Å². The second kappa shape index (κ2) is 2.78. The lowest BCUT2D eigenvalue weighted by atomic mass is 10.2. The van der Waals surface area contributed by atoms with E-state index in [1.54, 1.807) is 6.07 Å². The van der Waals surface area contributed by atoms with Crippen LogP contribution in [0.25, 0.3) is 5.65 Å². The smallest absolute Gasteiger partial charge is 0.139 e. The van der Waals surface area contributed by atoms with Crippen LogP contribution in [0.15, 0.2) is 18.3 Å². The fourth-order valence-electron chi connectivity index (χ4n) is 1.92. The highest BCUT2D eigenvalue weighted by Gasteiger charge is 2.15. The maximum absolute atomic E-state index is 13.0. The molecule has 3 nitrogen and oxygen atoms in total. The number of hydrogen-bond donors (Lipinski definition) is 1. The van der Waals surface area contributed by atoms with E-state index in [1.807, 2.05) is 4.40 Å².